The normalized spacial score (nSPS) is 15.2. The van der Waals surface area contributed by atoms with Gasteiger partial charge in [0.2, 0.25) is 0 Å². The highest BCUT2D eigenvalue weighted by molar-refractivity contribution is 6.15. The van der Waals surface area contributed by atoms with Crippen LogP contribution in [0, 0.1) is 5.82 Å². The molecule has 0 aromatic heterocycles. The van der Waals surface area contributed by atoms with Crippen molar-refractivity contribution in [1.29, 1.82) is 0 Å². The second-order valence-electron chi connectivity index (χ2n) is 6.11. The molecule has 1 aliphatic rings. The Morgan fingerprint density at radius 1 is 0.920 bits per heavy atom. The van der Waals surface area contributed by atoms with E-state index in [-0.39, 0.29) is 11.7 Å². The van der Waals surface area contributed by atoms with Crippen LogP contribution in [0.25, 0.3) is 0 Å². The summed E-state index contributed by atoms with van der Waals surface area (Å²) in [4.78, 5) is 29.7. The van der Waals surface area contributed by atoms with E-state index in [1.54, 1.807) is 29.2 Å². The number of nitrogens with zero attached hydrogens (tertiary/aromatic N) is 2. The van der Waals surface area contributed by atoms with Crippen molar-refractivity contribution in [3.63, 3.8) is 0 Å². The van der Waals surface area contributed by atoms with E-state index in [9.17, 15) is 14.0 Å². The van der Waals surface area contributed by atoms with E-state index >= 15 is 0 Å². The van der Waals surface area contributed by atoms with E-state index in [2.05, 4.69) is 11.8 Å². The first-order valence-corrected chi connectivity index (χ1v) is 8.51. The molecule has 0 aliphatic carbocycles. The number of carbonyl (C=O) groups is 2. The van der Waals surface area contributed by atoms with Crippen LogP contribution in [0.1, 0.15) is 33.2 Å². The van der Waals surface area contributed by atoms with Gasteiger partial charge in [-0.1, -0.05) is 25.1 Å². The maximum Gasteiger partial charge on any atom is 0.254 e. The van der Waals surface area contributed by atoms with E-state index in [1.807, 2.05) is 0 Å². The number of hydrogen-bond acceptors (Lipinski definition) is 3. The van der Waals surface area contributed by atoms with Crippen molar-refractivity contribution in [3.05, 3.63) is 71.0 Å². The summed E-state index contributed by atoms with van der Waals surface area (Å²) in [5, 5.41) is 0. The molecule has 25 heavy (non-hydrogen) atoms. The summed E-state index contributed by atoms with van der Waals surface area (Å²) >= 11 is 0. The molecule has 0 atom stereocenters. The fourth-order valence-electron chi connectivity index (χ4n) is 3.06. The number of piperazine rings is 1. The van der Waals surface area contributed by atoms with E-state index < -0.39 is 5.82 Å². The van der Waals surface area contributed by atoms with Gasteiger partial charge < -0.3 is 9.80 Å². The third-order valence-electron chi connectivity index (χ3n) is 4.62. The molecule has 0 N–H and O–H groups in total. The molecule has 2 aromatic rings. The molecular weight excluding hydrogens is 319 g/mol. The van der Waals surface area contributed by atoms with Crippen molar-refractivity contribution >= 4 is 11.7 Å². The SMILES string of the molecule is CCN1CCN(C(=O)c2ccccc2C(=O)c2ccc(F)cc2)CC1. The highest BCUT2D eigenvalue weighted by Gasteiger charge is 2.25. The first kappa shape index (κ1) is 17.3. The zero-order valence-corrected chi connectivity index (χ0v) is 14.2. The standard InChI is InChI=1S/C20H21FN2O2/c1-2-22-11-13-23(14-12-22)20(25)18-6-4-3-5-17(18)19(24)15-7-9-16(21)10-8-15/h3-10H,2,11-14H2,1H3. The molecule has 0 unspecified atom stereocenters. The first-order chi connectivity index (χ1) is 12.1. The average molecular weight is 340 g/mol. The molecule has 1 amide bonds. The fourth-order valence-corrected chi connectivity index (χ4v) is 3.06. The number of ketones is 1. The molecule has 1 fully saturated rings. The molecule has 0 saturated carbocycles. The van der Waals surface area contributed by atoms with Crippen LogP contribution in [-0.2, 0) is 0 Å². The molecule has 1 heterocycles. The third kappa shape index (κ3) is 3.77. The van der Waals surface area contributed by atoms with Crippen LogP contribution in [-0.4, -0.2) is 54.2 Å². The second-order valence-corrected chi connectivity index (χ2v) is 6.11. The van der Waals surface area contributed by atoms with Crippen LogP contribution in [0.3, 0.4) is 0 Å². The molecule has 1 aliphatic heterocycles. The Balaban J connectivity index is 1.84. The van der Waals surface area contributed by atoms with Gasteiger partial charge in [-0.3, -0.25) is 9.59 Å². The van der Waals surface area contributed by atoms with Crippen molar-refractivity contribution in [1.82, 2.24) is 9.80 Å². The summed E-state index contributed by atoms with van der Waals surface area (Å²) in [6.45, 7) is 6.08. The first-order valence-electron chi connectivity index (χ1n) is 8.51. The Bertz CT molecular complexity index is 766. The molecule has 1 saturated heterocycles. The number of hydrogen-bond donors (Lipinski definition) is 0. The Kier molecular flexibility index (Phi) is 5.24. The maximum absolute atomic E-state index is 13.1. The quantitative estimate of drug-likeness (QED) is 0.804. The van der Waals surface area contributed by atoms with Gasteiger partial charge in [0.05, 0.1) is 5.56 Å². The summed E-state index contributed by atoms with van der Waals surface area (Å²) in [5.74, 6) is -0.785. The minimum absolute atomic E-state index is 0.123. The van der Waals surface area contributed by atoms with Crippen LogP contribution in [0.2, 0.25) is 0 Å². The van der Waals surface area contributed by atoms with Gasteiger partial charge >= 0.3 is 0 Å². The van der Waals surface area contributed by atoms with Crippen LogP contribution < -0.4 is 0 Å². The van der Waals surface area contributed by atoms with Crippen LogP contribution >= 0.6 is 0 Å². The lowest BCUT2D eigenvalue weighted by Gasteiger charge is -2.34. The minimum Gasteiger partial charge on any atom is -0.336 e. The molecular formula is C20H21FN2O2. The Hall–Kier alpha value is -2.53. The summed E-state index contributed by atoms with van der Waals surface area (Å²) in [7, 11) is 0. The number of likely N-dealkylation sites (N-methyl/N-ethyl adjacent to an activating group) is 1. The minimum atomic E-state index is -0.394. The molecule has 5 heteroatoms. The largest absolute Gasteiger partial charge is 0.336 e. The lowest BCUT2D eigenvalue weighted by atomic mass is 9.97. The van der Waals surface area contributed by atoms with Crippen LogP contribution in [0.4, 0.5) is 4.39 Å². The maximum atomic E-state index is 13.1. The molecule has 0 spiro atoms. The van der Waals surface area contributed by atoms with Gasteiger partial charge in [0.15, 0.2) is 5.78 Å². The topological polar surface area (TPSA) is 40.6 Å². The zero-order valence-electron chi connectivity index (χ0n) is 14.2. The lowest BCUT2D eigenvalue weighted by molar-refractivity contribution is 0.0640. The van der Waals surface area contributed by atoms with Crippen LogP contribution in [0.15, 0.2) is 48.5 Å². The van der Waals surface area contributed by atoms with E-state index in [1.165, 1.54) is 24.3 Å². The van der Waals surface area contributed by atoms with Crippen LogP contribution in [0.5, 0.6) is 0 Å². The third-order valence-corrected chi connectivity index (χ3v) is 4.62. The van der Waals surface area contributed by atoms with E-state index in [4.69, 9.17) is 0 Å². The second kappa shape index (κ2) is 7.57. The fraction of sp³-hybridized carbons (Fsp3) is 0.300. The van der Waals surface area contributed by atoms with E-state index in [0.29, 0.717) is 29.8 Å². The zero-order chi connectivity index (χ0) is 17.8. The summed E-state index contributed by atoms with van der Waals surface area (Å²) in [6, 6.07) is 12.2. The van der Waals surface area contributed by atoms with Gasteiger partial charge in [-0.2, -0.15) is 0 Å². The monoisotopic (exact) mass is 340 g/mol. The van der Waals surface area contributed by atoms with Gasteiger partial charge in [-0.05, 0) is 36.9 Å². The summed E-state index contributed by atoms with van der Waals surface area (Å²) in [5.41, 5.74) is 1.14. The number of carbonyl (C=O) groups excluding carboxylic acids is 2. The molecule has 4 nitrogen and oxygen atoms in total. The predicted octanol–water partition coefficient (Wildman–Crippen LogP) is 2.83. The number of benzene rings is 2. The Labute approximate surface area is 146 Å². The Morgan fingerprint density at radius 2 is 1.52 bits per heavy atom. The van der Waals surface area contributed by atoms with Gasteiger partial charge in [0.25, 0.3) is 5.91 Å². The predicted molar refractivity (Wildman–Crippen MR) is 94.3 cm³/mol. The van der Waals surface area contributed by atoms with Gasteiger partial charge in [0, 0.05) is 37.3 Å². The molecule has 2 aromatic carbocycles. The highest BCUT2D eigenvalue weighted by Crippen LogP contribution is 2.18. The van der Waals surface area contributed by atoms with Crippen molar-refractivity contribution < 1.29 is 14.0 Å². The van der Waals surface area contributed by atoms with Crippen molar-refractivity contribution in [2.45, 2.75) is 6.92 Å². The number of halogens is 1. The Morgan fingerprint density at radius 3 is 2.12 bits per heavy atom. The van der Waals surface area contributed by atoms with Gasteiger partial charge in [0.1, 0.15) is 5.82 Å². The van der Waals surface area contributed by atoms with Gasteiger partial charge in [-0.15, -0.1) is 0 Å². The highest BCUT2D eigenvalue weighted by atomic mass is 19.1. The van der Waals surface area contributed by atoms with Crippen molar-refractivity contribution in [3.8, 4) is 0 Å². The number of amides is 1. The van der Waals surface area contributed by atoms with Gasteiger partial charge in [-0.25, -0.2) is 4.39 Å². The molecule has 130 valence electrons. The van der Waals surface area contributed by atoms with E-state index in [0.717, 1.165) is 19.6 Å². The smallest absolute Gasteiger partial charge is 0.254 e. The van der Waals surface area contributed by atoms with Crippen molar-refractivity contribution in [2.24, 2.45) is 0 Å². The summed E-state index contributed by atoms with van der Waals surface area (Å²) in [6.07, 6.45) is 0. The molecule has 0 radical (unpaired) electrons. The molecule has 0 bridgehead atoms. The average Bonchev–Trinajstić information content (AvgIpc) is 2.67. The lowest BCUT2D eigenvalue weighted by Crippen LogP contribution is -2.48. The molecule has 3 rings (SSSR count). The summed E-state index contributed by atoms with van der Waals surface area (Å²) < 4.78 is 13.1. The van der Waals surface area contributed by atoms with Crippen molar-refractivity contribution in [2.75, 3.05) is 32.7 Å². The number of rotatable bonds is 4.